The summed E-state index contributed by atoms with van der Waals surface area (Å²) in [7, 11) is 6.83. The molecule has 2 N–H and O–H groups in total. The first-order chi connectivity index (χ1) is 58.2. The van der Waals surface area contributed by atoms with Gasteiger partial charge in [-0.2, -0.15) is 0 Å². The maximum atomic E-state index is 13.7. The molecule has 0 bridgehead atoms. The number of halogens is 4. The lowest BCUT2D eigenvalue weighted by Gasteiger charge is -2.20. The molecule has 10 heterocycles. The summed E-state index contributed by atoms with van der Waals surface area (Å²) in [5.41, 5.74) is 12.7. The predicted octanol–water partition coefficient (Wildman–Crippen LogP) is 25.4. The van der Waals surface area contributed by atoms with Gasteiger partial charge < -0.3 is 29.6 Å². The summed E-state index contributed by atoms with van der Waals surface area (Å²) >= 11 is 13.5. The number of nitrogens with zero attached hydrogens (tertiary/aromatic N) is 4. The summed E-state index contributed by atoms with van der Waals surface area (Å²) in [6, 6.07) is 19.8. The Hall–Kier alpha value is -6.60. The van der Waals surface area contributed by atoms with Gasteiger partial charge in [-0.1, -0.05) is 47.0 Å². The Bertz CT molecular complexity index is 5160. The molecule has 16 rings (SSSR count). The fraction of sp³-hybridized carbons (Fsp3) is 0.495. The van der Waals surface area contributed by atoms with E-state index in [4.69, 9.17) is 38.9 Å². The molecule has 0 saturated carbocycles. The van der Waals surface area contributed by atoms with Gasteiger partial charge in [0.2, 0.25) is 0 Å². The third-order valence-corrected chi connectivity index (χ3v) is 32.3. The molecular weight excluding hydrogens is 1690 g/mol. The van der Waals surface area contributed by atoms with Crippen LogP contribution in [0.2, 0.25) is 0 Å². The number of methoxy groups -OCH3 is 4. The van der Waals surface area contributed by atoms with Crippen molar-refractivity contribution in [2.24, 2.45) is 5.92 Å². The average molecular weight is 1800 g/mol. The van der Waals surface area contributed by atoms with Crippen molar-refractivity contribution in [3.8, 4) is 42.3 Å². The quantitative estimate of drug-likeness (QED) is 0.0280. The molecule has 0 saturated heterocycles. The molecule has 0 amide bonds. The molecular formula is C95H114F4N6O8S8. The number of unbranched alkanes of at least 4 members (excludes halogenated alkanes) is 8. The molecule has 0 radical (unpaired) electrons. The maximum Gasteiger partial charge on any atom is 0.138 e. The summed E-state index contributed by atoms with van der Waals surface area (Å²) in [5.74, 6) is 1.26. The number of carbonyl (C=O) groups excluding carboxylic acids is 4. The zero-order valence-corrected chi connectivity index (χ0v) is 76.6. The molecule has 2 aliphatic carbocycles. The van der Waals surface area contributed by atoms with Gasteiger partial charge in [0.25, 0.3) is 0 Å². The third kappa shape index (κ3) is 24.6. The Morgan fingerprint density at radius 1 is 0.397 bits per heavy atom. The highest BCUT2D eigenvalue weighted by Crippen LogP contribution is 2.50. The second-order valence-corrected chi connectivity index (χ2v) is 41.0. The molecule has 2 aliphatic heterocycles. The monoisotopic (exact) mass is 1800 g/mol. The van der Waals surface area contributed by atoms with E-state index in [1.54, 1.807) is 143 Å². The van der Waals surface area contributed by atoms with Crippen molar-refractivity contribution in [1.82, 2.24) is 30.6 Å². The first-order valence-corrected chi connectivity index (χ1v) is 49.1. The molecule has 14 nitrogen and oxygen atoms in total. The Labute approximate surface area is 741 Å². The minimum absolute atomic E-state index is 0. The summed E-state index contributed by atoms with van der Waals surface area (Å²) in [5, 5.41) is 10.7. The number of thiophene rings is 4. The number of fused-ring (bicyclic) bond motifs is 8. The van der Waals surface area contributed by atoms with Crippen molar-refractivity contribution < 1.29 is 55.7 Å². The number of hydrogen-bond acceptors (Lipinski definition) is 22. The highest BCUT2D eigenvalue weighted by atomic mass is 32.1. The van der Waals surface area contributed by atoms with Crippen LogP contribution in [0.5, 0.6) is 0 Å². The molecule has 4 atom stereocenters. The summed E-state index contributed by atoms with van der Waals surface area (Å²) < 4.78 is 78.9. The minimum Gasteiger partial charge on any atom is -0.385 e. The van der Waals surface area contributed by atoms with Crippen LogP contribution < -0.4 is 10.6 Å². The fourth-order valence-electron chi connectivity index (χ4n) is 16.5. The van der Waals surface area contributed by atoms with Crippen molar-refractivity contribution in [2.75, 3.05) is 61.4 Å². The van der Waals surface area contributed by atoms with Gasteiger partial charge >= 0.3 is 0 Å². The standard InChI is InChI=1S/2C24H28FNO2S2.2C23H27FN2O2S2.CH4/c1-15-7-6-9-18-22(24-26-19-13-16(25)10-11-20(19)30-24)21(29-23(15)18)14-17(27)8-4-3-5-12-28-2;1-15-7-9-20-18(12-15)23(24-26-19-13-16(25)8-10-21(19)30-24)22(29-20)14-17(27)6-4-3-5-11-28-2;1-14-22-17(9-10-25-14)21(23-26-18-12-15(24)7-8-19(18)30-23)20(29-22)13-16(27)6-4-3-5-11-28-2;1-14-10-17-21(13-25-14)29-20(12-16(27)6-4-3-5-9-28-2)22(17)23-26-18-11-15(24)7-8-19(18)30-23;/h10-11,13,15H,3-9,12,14H2,1-2H3;8,10,13,15H,3-7,9,11-12,14H2,1-2H3;7-8,12,14,25H,3-6,9-11,13H2,1-2H3;7-8,11,14,25H,3-6,9-10,12-13H2,1-2H3;1H4. The molecule has 121 heavy (non-hydrogen) atoms. The van der Waals surface area contributed by atoms with Crippen molar-refractivity contribution in [2.45, 2.75) is 239 Å². The zero-order chi connectivity index (χ0) is 84.3. The Kier molecular flexibility index (Phi) is 35.2. The van der Waals surface area contributed by atoms with E-state index < -0.39 is 0 Å². The van der Waals surface area contributed by atoms with Crippen LogP contribution in [-0.4, -0.2) is 111 Å². The second-order valence-electron chi connectivity index (χ2n) is 32.2. The van der Waals surface area contributed by atoms with E-state index >= 15 is 0 Å². The van der Waals surface area contributed by atoms with Gasteiger partial charge in [-0.05, 0) is 206 Å². The number of ether oxygens (including phenoxy) is 4. The van der Waals surface area contributed by atoms with E-state index in [-0.39, 0.29) is 48.3 Å². The molecule has 4 aliphatic rings. The van der Waals surface area contributed by atoms with Crippen LogP contribution in [0.15, 0.2) is 72.8 Å². The van der Waals surface area contributed by atoms with E-state index in [9.17, 15) is 36.7 Å². The first kappa shape index (κ1) is 93.6. The molecule has 8 aromatic heterocycles. The van der Waals surface area contributed by atoms with Crippen molar-refractivity contribution in [1.29, 1.82) is 0 Å². The van der Waals surface area contributed by atoms with Crippen LogP contribution in [-0.2, 0) is 102 Å². The van der Waals surface area contributed by atoms with Gasteiger partial charge in [-0.15, -0.1) is 90.7 Å². The number of Topliss-reactive ketones (excluding diaryl/α,β-unsaturated/α-hetero) is 4. The number of hydrogen-bond donors (Lipinski definition) is 2. The lowest BCUT2D eigenvalue weighted by molar-refractivity contribution is -0.119. The normalized spacial score (nSPS) is 16.0. The van der Waals surface area contributed by atoms with E-state index in [2.05, 4.69) is 38.3 Å². The topological polar surface area (TPSA) is 181 Å². The Morgan fingerprint density at radius 2 is 0.752 bits per heavy atom. The highest BCUT2D eigenvalue weighted by molar-refractivity contribution is 7.24. The number of carbonyl (C=O) groups is 4. The van der Waals surface area contributed by atoms with Gasteiger partial charge in [0.05, 0.1) is 40.9 Å². The number of aromatic nitrogens is 4. The van der Waals surface area contributed by atoms with Crippen molar-refractivity contribution >= 4 is 155 Å². The molecule has 12 aromatic rings. The number of rotatable bonds is 36. The van der Waals surface area contributed by atoms with Gasteiger partial charge in [-0.25, -0.2) is 37.5 Å². The molecule has 4 aromatic carbocycles. The SMILES string of the molecule is C.COCCCCCC(=O)Cc1sc2c(c1-c1nc3cc(F)ccc3s1)CC(C)CC2.COCCCCCC(=O)Cc1sc2c(c1-c1nc3cc(F)ccc3s1)CC(C)NC2.COCCCCCC(=O)Cc1sc2c(c1-c1nc3cc(F)ccc3s1)CCCC2C.COCCCCCC(=O)Cc1sc2c(c1-c1nc3cc(F)ccc3s1)CCNC2C. The van der Waals surface area contributed by atoms with Crippen molar-refractivity contribution in [3.05, 3.63) is 157 Å². The predicted molar refractivity (Wildman–Crippen MR) is 497 cm³/mol. The Balaban J connectivity index is 0.000000147. The lowest BCUT2D eigenvalue weighted by Crippen LogP contribution is -2.32. The van der Waals surface area contributed by atoms with Crippen LogP contribution in [0.4, 0.5) is 17.6 Å². The third-order valence-electron chi connectivity index (χ3n) is 22.7. The molecule has 4 unspecified atom stereocenters. The smallest absolute Gasteiger partial charge is 0.138 e. The molecule has 0 fully saturated rings. The summed E-state index contributed by atoms with van der Waals surface area (Å²) in [6.07, 6.45) is 24.6. The number of benzene rings is 4. The fourth-order valence-corrected chi connectivity index (χ4v) is 26.5. The number of thiazole rings is 4. The molecule has 0 spiro atoms. The molecule has 648 valence electrons. The van der Waals surface area contributed by atoms with Crippen molar-refractivity contribution in [3.63, 3.8) is 0 Å². The second kappa shape index (κ2) is 45.5. The number of aryl methyl sites for hydroxylation is 1. The summed E-state index contributed by atoms with van der Waals surface area (Å²) in [4.78, 5) is 79.9. The van der Waals surface area contributed by atoms with E-state index in [0.717, 1.165) is 229 Å². The number of ketones is 4. The van der Waals surface area contributed by atoms with E-state index in [1.165, 1.54) is 110 Å². The van der Waals surface area contributed by atoms with Crippen LogP contribution in [0.1, 0.15) is 230 Å². The minimum atomic E-state index is -0.270. The van der Waals surface area contributed by atoms with Gasteiger partial charge in [-0.3, -0.25) is 19.2 Å². The van der Waals surface area contributed by atoms with Crippen LogP contribution in [0, 0.1) is 29.2 Å². The first-order valence-electron chi connectivity index (χ1n) is 42.5. The maximum absolute atomic E-state index is 13.7. The average Bonchev–Trinajstić information content (AvgIpc) is 1.61. The van der Waals surface area contributed by atoms with Gasteiger partial charge in [0, 0.05) is 210 Å². The molecule has 26 heteroatoms. The van der Waals surface area contributed by atoms with E-state index in [1.807, 2.05) is 0 Å². The van der Waals surface area contributed by atoms with Gasteiger partial charge in [0.15, 0.2) is 0 Å². The van der Waals surface area contributed by atoms with Gasteiger partial charge in [0.1, 0.15) is 66.4 Å². The summed E-state index contributed by atoms with van der Waals surface area (Å²) in [6.45, 7) is 13.7. The zero-order valence-electron chi connectivity index (χ0n) is 70.1. The lowest BCUT2D eigenvalue weighted by atomic mass is 9.87. The van der Waals surface area contributed by atoms with Crippen LogP contribution >= 0.6 is 90.7 Å². The van der Waals surface area contributed by atoms with Crippen LogP contribution in [0.3, 0.4) is 0 Å². The largest absolute Gasteiger partial charge is 0.385 e. The Morgan fingerprint density at radius 3 is 1.15 bits per heavy atom. The van der Waals surface area contributed by atoms with E-state index in [0.29, 0.717) is 103 Å². The highest BCUT2D eigenvalue weighted by Gasteiger charge is 2.33. The van der Waals surface area contributed by atoms with Crippen LogP contribution in [0.25, 0.3) is 83.2 Å². The number of nitrogens with one attached hydrogen (secondary N) is 2.